The van der Waals surface area contributed by atoms with E-state index < -0.39 is 17.8 Å². The molecule has 1 fully saturated rings. The molecule has 8 heteroatoms. The van der Waals surface area contributed by atoms with Gasteiger partial charge in [-0.25, -0.2) is 9.69 Å². The van der Waals surface area contributed by atoms with Crippen molar-refractivity contribution in [3.05, 3.63) is 58.7 Å². The summed E-state index contributed by atoms with van der Waals surface area (Å²) in [6, 6.07) is 11.2. The molecular formula is C23H21N3O5. The number of hydrogen-bond acceptors (Lipinski definition) is 6. The second kappa shape index (κ2) is 9.13. The minimum absolute atomic E-state index is 0.144. The van der Waals surface area contributed by atoms with Crippen LogP contribution in [0, 0.1) is 25.2 Å². The van der Waals surface area contributed by atoms with Gasteiger partial charge >= 0.3 is 6.03 Å². The molecule has 0 unspecified atom stereocenters. The Morgan fingerprint density at radius 2 is 1.74 bits per heavy atom. The lowest BCUT2D eigenvalue weighted by molar-refractivity contribution is -0.122. The summed E-state index contributed by atoms with van der Waals surface area (Å²) >= 11 is 0. The third-order valence-corrected chi connectivity index (χ3v) is 4.44. The number of nitrogens with zero attached hydrogens (tertiary/aromatic N) is 2. The van der Waals surface area contributed by atoms with E-state index in [-0.39, 0.29) is 12.2 Å². The predicted molar refractivity (Wildman–Crippen MR) is 114 cm³/mol. The minimum Gasteiger partial charge on any atom is -0.490 e. The number of anilines is 1. The molecule has 3 rings (SSSR count). The number of hydrogen-bond donors (Lipinski definition) is 1. The van der Waals surface area contributed by atoms with Crippen LogP contribution in [-0.2, 0) is 9.59 Å². The topological polar surface area (TPSA) is 109 Å². The maximum Gasteiger partial charge on any atom is 0.335 e. The first-order valence-electron chi connectivity index (χ1n) is 9.60. The molecule has 2 aromatic rings. The third kappa shape index (κ3) is 4.73. The summed E-state index contributed by atoms with van der Waals surface area (Å²) in [5, 5.41) is 10.9. The Morgan fingerprint density at radius 1 is 1.03 bits per heavy atom. The van der Waals surface area contributed by atoms with Crippen molar-refractivity contribution < 1.29 is 23.9 Å². The summed E-state index contributed by atoms with van der Waals surface area (Å²) in [5.41, 5.74) is 2.46. The first-order valence-corrected chi connectivity index (χ1v) is 9.60. The summed E-state index contributed by atoms with van der Waals surface area (Å²) in [6.07, 6.45) is 1.39. The Hall–Kier alpha value is -4.12. The molecule has 1 heterocycles. The summed E-state index contributed by atoms with van der Waals surface area (Å²) in [4.78, 5) is 38.8. The van der Waals surface area contributed by atoms with Gasteiger partial charge in [-0.1, -0.05) is 12.1 Å². The lowest BCUT2D eigenvalue weighted by Crippen LogP contribution is -2.54. The van der Waals surface area contributed by atoms with E-state index >= 15 is 0 Å². The average molecular weight is 419 g/mol. The minimum atomic E-state index is -0.799. The van der Waals surface area contributed by atoms with Crippen molar-refractivity contribution in [1.29, 1.82) is 5.26 Å². The van der Waals surface area contributed by atoms with Crippen molar-refractivity contribution in [2.45, 2.75) is 20.8 Å². The zero-order chi connectivity index (χ0) is 22.5. The van der Waals surface area contributed by atoms with Crippen LogP contribution in [-0.4, -0.2) is 31.1 Å². The Balaban J connectivity index is 1.99. The summed E-state index contributed by atoms with van der Waals surface area (Å²) in [5.74, 6) is -0.755. The highest BCUT2D eigenvalue weighted by Gasteiger charge is 2.37. The van der Waals surface area contributed by atoms with E-state index in [0.29, 0.717) is 29.4 Å². The second-order valence-corrected chi connectivity index (χ2v) is 6.89. The van der Waals surface area contributed by atoms with E-state index in [1.165, 1.54) is 6.08 Å². The molecule has 0 radical (unpaired) electrons. The second-order valence-electron chi connectivity index (χ2n) is 6.89. The number of aryl methyl sites for hydroxylation is 2. The van der Waals surface area contributed by atoms with E-state index in [0.717, 1.165) is 16.0 Å². The van der Waals surface area contributed by atoms with Crippen LogP contribution in [0.3, 0.4) is 0 Å². The highest BCUT2D eigenvalue weighted by Crippen LogP contribution is 2.30. The first-order chi connectivity index (χ1) is 14.8. The van der Waals surface area contributed by atoms with Crippen molar-refractivity contribution in [3.8, 4) is 17.6 Å². The van der Waals surface area contributed by atoms with Crippen molar-refractivity contribution in [2.75, 3.05) is 18.1 Å². The average Bonchev–Trinajstić information content (AvgIpc) is 2.70. The van der Waals surface area contributed by atoms with Gasteiger partial charge in [0.2, 0.25) is 0 Å². The van der Waals surface area contributed by atoms with Crippen molar-refractivity contribution in [2.24, 2.45) is 0 Å². The Bertz CT molecular complexity index is 1110. The van der Waals surface area contributed by atoms with Gasteiger partial charge in [-0.3, -0.25) is 14.9 Å². The molecule has 1 aliphatic rings. The largest absolute Gasteiger partial charge is 0.490 e. The molecule has 0 atom stereocenters. The molecule has 1 saturated heterocycles. The first kappa shape index (κ1) is 21.6. The van der Waals surface area contributed by atoms with Crippen LogP contribution in [0.1, 0.15) is 23.6 Å². The van der Waals surface area contributed by atoms with Gasteiger partial charge in [0.15, 0.2) is 18.1 Å². The van der Waals surface area contributed by atoms with Gasteiger partial charge in [0.1, 0.15) is 11.6 Å². The molecule has 4 amide bonds. The standard InChI is InChI=1S/C23H21N3O5/c1-4-30-20-13-16(5-6-19(20)31-8-7-24)12-18-21(27)25-23(29)26(22(18)28)17-10-14(2)9-15(3)11-17/h5-6,9-13H,4,8H2,1-3H3,(H,25,27,29)/b18-12+. The molecule has 2 aromatic carbocycles. The number of imide groups is 2. The number of nitriles is 1. The molecule has 0 aromatic heterocycles. The molecule has 31 heavy (non-hydrogen) atoms. The summed E-state index contributed by atoms with van der Waals surface area (Å²) < 4.78 is 10.9. The van der Waals surface area contributed by atoms with Gasteiger partial charge < -0.3 is 9.47 Å². The molecule has 158 valence electrons. The number of ether oxygens (including phenoxy) is 2. The molecular weight excluding hydrogens is 398 g/mol. The van der Waals surface area contributed by atoms with Crippen LogP contribution in [0.2, 0.25) is 0 Å². The number of urea groups is 1. The van der Waals surface area contributed by atoms with E-state index in [1.807, 2.05) is 26.0 Å². The lowest BCUT2D eigenvalue weighted by Gasteiger charge is -2.27. The van der Waals surface area contributed by atoms with Crippen LogP contribution >= 0.6 is 0 Å². The number of benzene rings is 2. The fourth-order valence-corrected chi connectivity index (χ4v) is 3.25. The fraction of sp³-hybridized carbons (Fsp3) is 0.217. The Kier molecular flexibility index (Phi) is 6.36. The Labute approximate surface area is 179 Å². The van der Waals surface area contributed by atoms with Gasteiger partial charge in [-0.05, 0) is 67.8 Å². The summed E-state index contributed by atoms with van der Waals surface area (Å²) in [7, 11) is 0. The van der Waals surface area contributed by atoms with Crippen molar-refractivity contribution in [3.63, 3.8) is 0 Å². The van der Waals surface area contributed by atoms with Crippen LogP contribution < -0.4 is 19.7 Å². The number of nitrogens with one attached hydrogen (secondary N) is 1. The van der Waals surface area contributed by atoms with E-state index in [1.54, 1.807) is 37.3 Å². The van der Waals surface area contributed by atoms with Gasteiger partial charge in [0, 0.05) is 0 Å². The molecule has 0 aliphatic carbocycles. The fourth-order valence-electron chi connectivity index (χ4n) is 3.25. The van der Waals surface area contributed by atoms with Crippen molar-refractivity contribution >= 4 is 29.6 Å². The SMILES string of the molecule is CCOc1cc(/C=C2\C(=O)NC(=O)N(c3cc(C)cc(C)c3)C2=O)ccc1OCC#N. The van der Waals surface area contributed by atoms with E-state index in [4.69, 9.17) is 14.7 Å². The summed E-state index contributed by atoms with van der Waals surface area (Å²) in [6.45, 7) is 5.72. The van der Waals surface area contributed by atoms with Crippen LogP contribution in [0.15, 0.2) is 42.0 Å². The van der Waals surface area contributed by atoms with E-state index in [9.17, 15) is 14.4 Å². The molecule has 1 aliphatic heterocycles. The maximum absolute atomic E-state index is 13.1. The molecule has 0 saturated carbocycles. The quantitative estimate of drug-likeness (QED) is 0.569. The normalized spacial score (nSPS) is 15.0. The van der Waals surface area contributed by atoms with Crippen LogP contribution in [0.5, 0.6) is 11.5 Å². The van der Waals surface area contributed by atoms with Gasteiger partial charge in [0.25, 0.3) is 11.8 Å². The van der Waals surface area contributed by atoms with Gasteiger partial charge in [-0.2, -0.15) is 5.26 Å². The van der Waals surface area contributed by atoms with Crippen LogP contribution in [0.25, 0.3) is 6.08 Å². The van der Waals surface area contributed by atoms with Crippen LogP contribution in [0.4, 0.5) is 10.5 Å². The number of carbonyl (C=O) groups excluding carboxylic acids is 3. The zero-order valence-electron chi connectivity index (χ0n) is 17.4. The van der Waals surface area contributed by atoms with Gasteiger partial charge in [-0.15, -0.1) is 0 Å². The van der Waals surface area contributed by atoms with E-state index in [2.05, 4.69) is 5.32 Å². The number of amides is 4. The lowest BCUT2D eigenvalue weighted by atomic mass is 10.0. The smallest absolute Gasteiger partial charge is 0.335 e. The number of carbonyl (C=O) groups is 3. The highest BCUT2D eigenvalue weighted by atomic mass is 16.5. The molecule has 0 spiro atoms. The highest BCUT2D eigenvalue weighted by molar-refractivity contribution is 6.39. The number of rotatable bonds is 6. The molecule has 1 N–H and O–H groups in total. The van der Waals surface area contributed by atoms with Gasteiger partial charge in [0.05, 0.1) is 12.3 Å². The maximum atomic E-state index is 13.1. The molecule has 0 bridgehead atoms. The Morgan fingerprint density at radius 3 is 2.39 bits per heavy atom. The van der Waals surface area contributed by atoms with Crippen molar-refractivity contribution in [1.82, 2.24) is 5.32 Å². The zero-order valence-corrected chi connectivity index (χ0v) is 17.4. The monoisotopic (exact) mass is 419 g/mol. The molecule has 8 nitrogen and oxygen atoms in total. The third-order valence-electron chi connectivity index (χ3n) is 4.44. The predicted octanol–water partition coefficient (Wildman–Crippen LogP) is 3.27. The number of barbiturate groups is 1.